The molecule has 4 nitrogen and oxygen atoms in total. The second kappa shape index (κ2) is 7.37. The average Bonchev–Trinajstić information content (AvgIpc) is 2.26. The first-order valence-corrected chi connectivity index (χ1v) is 7.40. The van der Waals surface area contributed by atoms with Gasteiger partial charge in [0.25, 0.3) is 0 Å². The number of anilines is 2. The van der Waals surface area contributed by atoms with Crippen LogP contribution in [0.4, 0.5) is 11.8 Å². The van der Waals surface area contributed by atoms with Crippen LogP contribution in [-0.2, 0) is 0 Å². The average molecular weight is 254 g/mol. The fourth-order valence-corrected chi connectivity index (χ4v) is 2.09. The van der Waals surface area contributed by atoms with Crippen LogP contribution in [0.3, 0.4) is 0 Å². The molecule has 0 aromatic carbocycles. The third-order valence-electron chi connectivity index (χ3n) is 2.34. The van der Waals surface area contributed by atoms with Crippen molar-refractivity contribution in [1.29, 1.82) is 0 Å². The maximum Gasteiger partial charge on any atom is 0.224 e. The molecular formula is C12H22N4S. The molecule has 5 heteroatoms. The van der Waals surface area contributed by atoms with E-state index in [9.17, 15) is 0 Å². The molecule has 0 saturated carbocycles. The van der Waals surface area contributed by atoms with Gasteiger partial charge in [-0.25, -0.2) is 4.98 Å². The minimum Gasteiger partial charge on any atom is -0.367 e. The lowest BCUT2D eigenvalue weighted by atomic mass is 10.2. The molecule has 96 valence electrons. The summed E-state index contributed by atoms with van der Waals surface area (Å²) in [5.74, 6) is 2.77. The predicted molar refractivity (Wildman–Crippen MR) is 77.0 cm³/mol. The zero-order valence-electron chi connectivity index (χ0n) is 11.1. The van der Waals surface area contributed by atoms with Gasteiger partial charge < -0.3 is 10.6 Å². The quantitative estimate of drug-likeness (QED) is 0.783. The Labute approximate surface area is 108 Å². The highest BCUT2D eigenvalue weighted by Gasteiger charge is 2.05. The molecule has 0 aliphatic carbocycles. The molecular weight excluding hydrogens is 232 g/mol. The van der Waals surface area contributed by atoms with Crippen molar-refractivity contribution in [3.63, 3.8) is 0 Å². The van der Waals surface area contributed by atoms with Crippen molar-refractivity contribution < 1.29 is 0 Å². The highest BCUT2D eigenvalue weighted by molar-refractivity contribution is 7.98. The summed E-state index contributed by atoms with van der Waals surface area (Å²) in [5, 5.41) is 6.55. The minimum atomic E-state index is 0.436. The van der Waals surface area contributed by atoms with Gasteiger partial charge in [-0.05, 0) is 39.2 Å². The number of nitrogens with one attached hydrogen (secondary N) is 2. The summed E-state index contributed by atoms with van der Waals surface area (Å²) in [7, 11) is 0. The van der Waals surface area contributed by atoms with E-state index in [1.165, 1.54) is 0 Å². The van der Waals surface area contributed by atoms with Crippen LogP contribution in [0.25, 0.3) is 0 Å². The molecule has 0 saturated heterocycles. The SMILES string of the molecule is CCNc1nc(C)cc(NC(C)CCSC)n1. The Bertz CT molecular complexity index is 343. The van der Waals surface area contributed by atoms with Crippen molar-refractivity contribution in [3.05, 3.63) is 11.8 Å². The van der Waals surface area contributed by atoms with Crippen LogP contribution in [0, 0.1) is 6.92 Å². The number of rotatable bonds is 7. The Hall–Kier alpha value is -0.970. The number of aromatic nitrogens is 2. The first kappa shape index (κ1) is 14.1. The lowest BCUT2D eigenvalue weighted by Crippen LogP contribution is -2.17. The standard InChI is InChI=1S/C12H22N4S/c1-5-13-12-15-10(3)8-11(16-12)14-9(2)6-7-17-4/h8-9H,5-7H2,1-4H3,(H2,13,14,15,16). The third-order valence-corrected chi connectivity index (χ3v) is 2.98. The van der Waals surface area contributed by atoms with Crippen LogP contribution in [0.5, 0.6) is 0 Å². The second-order valence-corrected chi connectivity index (χ2v) is 5.06. The van der Waals surface area contributed by atoms with Crippen LogP contribution in [-0.4, -0.2) is 34.6 Å². The molecule has 1 heterocycles. The minimum absolute atomic E-state index is 0.436. The van der Waals surface area contributed by atoms with Crippen LogP contribution >= 0.6 is 11.8 Å². The van der Waals surface area contributed by atoms with Crippen molar-refractivity contribution in [2.24, 2.45) is 0 Å². The maximum absolute atomic E-state index is 4.43. The van der Waals surface area contributed by atoms with E-state index < -0.39 is 0 Å². The van der Waals surface area contributed by atoms with Crippen LogP contribution in [0.15, 0.2) is 6.07 Å². The van der Waals surface area contributed by atoms with Gasteiger partial charge in [0.2, 0.25) is 5.95 Å². The zero-order valence-corrected chi connectivity index (χ0v) is 11.9. The molecule has 0 aliphatic rings. The molecule has 1 aromatic rings. The predicted octanol–water partition coefficient (Wildman–Crippen LogP) is 2.77. The molecule has 1 aromatic heterocycles. The molecule has 0 amide bonds. The molecule has 0 radical (unpaired) electrons. The molecule has 1 rings (SSSR count). The van der Waals surface area contributed by atoms with Crippen molar-refractivity contribution in [1.82, 2.24) is 9.97 Å². The Morgan fingerprint density at radius 1 is 1.41 bits per heavy atom. The van der Waals surface area contributed by atoms with Gasteiger partial charge in [-0.3, -0.25) is 0 Å². The van der Waals surface area contributed by atoms with Crippen molar-refractivity contribution >= 4 is 23.5 Å². The van der Waals surface area contributed by atoms with Crippen molar-refractivity contribution in [2.45, 2.75) is 33.2 Å². The van der Waals surface area contributed by atoms with Gasteiger partial charge in [-0.1, -0.05) is 0 Å². The van der Waals surface area contributed by atoms with E-state index in [1.807, 2.05) is 31.7 Å². The lowest BCUT2D eigenvalue weighted by Gasteiger charge is -2.15. The van der Waals surface area contributed by atoms with E-state index in [-0.39, 0.29) is 0 Å². The normalized spacial score (nSPS) is 12.2. The zero-order chi connectivity index (χ0) is 12.7. The van der Waals surface area contributed by atoms with Crippen molar-refractivity contribution in [2.75, 3.05) is 29.2 Å². The Morgan fingerprint density at radius 3 is 2.82 bits per heavy atom. The summed E-state index contributed by atoms with van der Waals surface area (Å²) in [6.45, 7) is 7.05. The number of thioether (sulfide) groups is 1. The number of hydrogen-bond donors (Lipinski definition) is 2. The first-order valence-electron chi connectivity index (χ1n) is 6.00. The molecule has 0 aliphatic heterocycles. The number of aryl methyl sites for hydroxylation is 1. The summed E-state index contributed by atoms with van der Waals surface area (Å²) in [4.78, 5) is 8.76. The molecule has 0 fully saturated rings. The fourth-order valence-electron chi connectivity index (χ4n) is 1.50. The maximum atomic E-state index is 4.43. The fraction of sp³-hybridized carbons (Fsp3) is 0.667. The van der Waals surface area contributed by atoms with E-state index in [2.05, 4.69) is 33.8 Å². The van der Waals surface area contributed by atoms with Crippen molar-refractivity contribution in [3.8, 4) is 0 Å². The molecule has 0 bridgehead atoms. The summed E-state index contributed by atoms with van der Waals surface area (Å²) >= 11 is 1.87. The Balaban J connectivity index is 2.63. The highest BCUT2D eigenvalue weighted by Crippen LogP contribution is 2.12. The van der Waals surface area contributed by atoms with Gasteiger partial charge in [0.15, 0.2) is 0 Å². The van der Waals surface area contributed by atoms with Crippen LogP contribution in [0.2, 0.25) is 0 Å². The summed E-state index contributed by atoms with van der Waals surface area (Å²) in [6, 6.07) is 2.42. The Morgan fingerprint density at radius 2 is 2.18 bits per heavy atom. The smallest absolute Gasteiger partial charge is 0.224 e. The summed E-state index contributed by atoms with van der Waals surface area (Å²) in [5.41, 5.74) is 0.982. The van der Waals surface area contributed by atoms with E-state index >= 15 is 0 Å². The Kier molecular flexibility index (Phi) is 6.11. The molecule has 1 atom stereocenters. The summed E-state index contributed by atoms with van der Waals surface area (Å²) in [6.07, 6.45) is 3.27. The van der Waals surface area contributed by atoms with Crippen LogP contribution < -0.4 is 10.6 Å². The third kappa shape index (κ3) is 5.26. The van der Waals surface area contributed by atoms with Gasteiger partial charge in [-0.15, -0.1) is 0 Å². The monoisotopic (exact) mass is 254 g/mol. The summed E-state index contributed by atoms with van der Waals surface area (Å²) < 4.78 is 0. The highest BCUT2D eigenvalue weighted by atomic mass is 32.2. The van der Waals surface area contributed by atoms with Gasteiger partial charge in [0.05, 0.1) is 0 Å². The van der Waals surface area contributed by atoms with E-state index in [0.717, 1.165) is 30.2 Å². The van der Waals surface area contributed by atoms with Gasteiger partial charge in [0.1, 0.15) is 5.82 Å². The molecule has 0 spiro atoms. The topological polar surface area (TPSA) is 49.8 Å². The van der Waals surface area contributed by atoms with Crippen LogP contribution in [0.1, 0.15) is 26.0 Å². The van der Waals surface area contributed by atoms with E-state index in [1.54, 1.807) is 0 Å². The second-order valence-electron chi connectivity index (χ2n) is 4.08. The van der Waals surface area contributed by atoms with Gasteiger partial charge in [0, 0.05) is 24.3 Å². The van der Waals surface area contributed by atoms with E-state index in [4.69, 9.17) is 0 Å². The van der Waals surface area contributed by atoms with E-state index in [0.29, 0.717) is 12.0 Å². The van der Waals surface area contributed by atoms with Gasteiger partial charge >= 0.3 is 0 Å². The number of hydrogen-bond acceptors (Lipinski definition) is 5. The molecule has 2 N–H and O–H groups in total. The van der Waals surface area contributed by atoms with Gasteiger partial charge in [-0.2, -0.15) is 16.7 Å². The number of nitrogens with zero attached hydrogens (tertiary/aromatic N) is 2. The first-order chi connectivity index (χ1) is 8.15. The lowest BCUT2D eigenvalue weighted by molar-refractivity contribution is 0.765. The molecule has 1 unspecified atom stereocenters. The molecule has 17 heavy (non-hydrogen) atoms. The largest absolute Gasteiger partial charge is 0.367 e.